The molecule has 0 saturated carbocycles. The van der Waals surface area contributed by atoms with Crippen LogP contribution in [0.2, 0.25) is 0 Å². The van der Waals surface area contributed by atoms with Crippen molar-refractivity contribution in [2.75, 3.05) is 14.2 Å². The molecule has 0 spiro atoms. The van der Waals surface area contributed by atoms with Crippen LogP contribution in [0, 0.1) is 0 Å². The number of nitrogens with one attached hydrogen (secondary N) is 1. The lowest BCUT2D eigenvalue weighted by Crippen LogP contribution is -2.36. The van der Waals surface area contributed by atoms with Crippen molar-refractivity contribution in [3.05, 3.63) is 23.3 Å². The van der Waals surface area contributed by atoms with E-state index in [1.54, 1.807) is 14.2 Å². The molecule has 2 atom stereocenters. The number of fused-ring (bicyclic) bond motifs is 1. The second-order valence-corrected chi connectivity index (χ2v) is 4.40. The maximum absolute atomic E-state index is 5.44. The summed E-state index contributed by atoms with van der Waals surface area (Å²) in [4.78, 5) is 0. The molecular formula is C13H19NO2. The zero-order valence-electron chi connectivity index (χ0n) is 10.3. The molecule has 1 N–H and O–H groups in total. The highest BCUT2D eigenvalue weighted by Gasteiger charge is 2.24. The molecule has 0 radical (unpaired) electrons. The average molecular weight is 221 g/mol. The zero-order chi connectivity index (χ0) is 11.7. The van der Waals surface area contributed by atoms with Crippen LogP contribution in [0.25, 0.3) is 0 Å². The van der Waals surface area contributed by atoms with Gasteiger partial charge < -0.3 is 14.8 Å². The highest BCUT2D eigenvalue weighted by Crippen LogP contribution is 2.36. The molecule has 0 aliphatic carbocycles. The topological polar surface area (TPSA) is 30.5 Å². The number of hydrogen-bond donors (Lipinski definition) is 1. The fourth-order valence-electron chi connectivity index (χ4n) is 2.50. The van der Waals surface area contributed by atoms with Gasteiger partial charge in [0.2, 0.25) is 0 Å². The lowest BCUT2D eigenvalue weighted by atomic mass is 9.90. The summed E-state index contributed by atoms with van der Waals surface area (Å²) >= 11 is 0. The first-order chi connectivity index (χ1) is 7.65. The van der Waals surface area contributed by atoms with Crippen molar-refractivity contribution < 1.29 is 9.47 Å². The minimum absolute atomic E-state index is 0.333. The molecule has 1 heterocycles. The maximum Gasteiger partial charge on any atom is 0.127 e. The van der Waals surface area contributed by atoms with Gasteiger partial charge in [-0.1, -0.05) is 0 Å². The lowest BCUT2D eigenvalue weighted by Gasteiger charge is -2.30. The summed E-state index contributed by atoms with van der Waals surface area (Å²) in [5.74, 6) is 1.79. The molecule has 16 heavy (non-hydrogen) atoms. The van der Waals surface area contributed by atoms with E-state index in [2.05, 4.69) is 25.2 Å². The van der Waals surface area contributed by atoms with Crippen molar-refractivity contribution >= 4 is 0 Å². The predicted octanol–water partition coefficient (Wildman–Crippen LogP) is 2.30. The normalized spacial score (nSPS) is 23.8. The van der Waals surface area contributed by atoms with Crippen LogP contribution >= 0.6 is 0 Å². The van der Waals surface area contributed by atoms with Crippen LogP contribution in [-0.2, 0) is 6.42 Å². The van der Waals surface area contributed by atoms with E-state index in [9.17, 15) is 0 Å². The van der Waals surface area contributed by atoms with Crippen LogP contribution in [0.4, 0.5) is 0 Å². The first-order valence-corrected chi connectivity index (χ1v) is 5.66. The van der Waals surface area contributed by atoms with E-state index < -0.39 is 0 Å². The lowest BCUT2D eigenvalue weighted by molar-refractivity contribution is 0.370. The third-order valence-electron chi connectivity index (χ3n) is 3.15. The van der Waals surface area contributed by atoms with E-state index in [-0.39, 0.29) is 0 Å². The van der Waals surface area contributed by atoms with Crippen LogP contribution in [0.1, 0.15) is 31.0 Å². The van der Waals surface area contributed by atoms with Gasteiger partial charge in [-0.25, -0.2) is 0 Å². The predicted molar refractivity (Wildman–Crippen MR) is 64.3 cm³/mol. The fourth-order valence-corrected chi connectivity index (χ4v) is 2.50. The van der Waals surface area contributed by atoms with E-state index in [1.807, 2.05) is 6.07 Å². The molecular weight excluding hydrogens is 202 g/mol. The van der Waals surface area contributed by atoms with E-state index in [1.165, 1.54) is 11.1 Å². The third-order valence-corrected chi connectivity index (χ3v) is 3.15. The van der Waals surface area contributed by atoms with Gasteiger partial charge in [-0.15, -0.1) is 0 Å². The van der Waals surface area contributed by atoms with Gasteiger partial charge in [-0.3, -0.25) is 0 Å². The van der Waals surface area contributed by atoms with Gasteiger partial charge in [0.25, 0.3) is 0 Å². The summed E-state index contributed by atoms with van der Waals surface area (Å²) in [6.45, 7) is 4.37. The molecule has 3 heteroatoms. The Morgan fingerprint density at radius 2 is 1.94 bits per heavy atom. The van der Waals surface area contributed by atoms with Crippen LogP contribution < -0.4 is 14.8 Å². The van der Waals surface area contributed by atoms with Crippen molar-refractivity contribution in [1.29, 1.82) is 0 Å². The number of hydrogen-bond acceptors (Lipinski definition) is 3. The van der Waals surface area contributed by atoms with Gasteiger partial charge in [-0.2, -0.15) is 0 Å². The number of rotatable bonds is 2. The Labute approximate surface area is 96.8 Å². The summed E-state index contributed by atoms with van der Waals surface area (Å²) in [7, 11) is 3.40. The Morgan fingerprint density at radius 1 is 1.19 bits per heavy atom. The van der Waals surface area contributed by atoms with E-state index in [0.717, 1.165) is 17.9 Å². The SMILES string of the molecule is COc1cc2c(c(OC)c1)[C@H](C)N[C@@H](C)C2. The van der Waals surface area contributed by atoms with Crippen molar-refractivity contribution in [1.82, 2.24) is 5.32 Å². The van der Waals surface area contributed by atoms with Gasteiger partial charge in [0.05, 0.1) is 14.2 Å². The molecule has 1 aliphatic heterocycles. The van der Waals surface area contributed by atoms with Crippen LogP contribution in [0.15, 0.2) is 12.1 Å². The highest BCUT2D eigenvalue weighted by atomic mass is 16.5. The Kier molecular flexibility index (Phi) is 3.06. The summed E-state index contributed by atoms with van der Waals surface area (Å²) in [6.07, 6.45) is 1.02. The molecule has 0 unspecified atom stereocenters. The molecule has 1 aliphatic rings. The Bertz CT molecular complexity index is 390. The Morgan fingerprint density at radius 3 is 2.56 bits per heavy atom. The standard InChI is InChI=1S/C13H19NO2/c1-8-5-10-6-11(15-3)7-12(16-4)13(10)9(2)14-8/h6-9,14H,5H2,1-4H3/t8-,9-/m0/s1. The highest BCUT2D eigenvalue weighted by molar-refractivity contribution is 5.49. The van der Waals surface area contributed by atoms with Gasteiger partial charge in [-0.05, 0) is 31.9 Å². The van der Waals surface area contributed by atoms with E-state index in [4.69, 9.17) is 9.47 Å². The second kappa shape index (κ2) is 4.34. The quantitative estimate of drug-likeness (QED) is 0.831. The summed E-state index contributed by atoms with van der Waals surface area (Å²) in [6, 6.07) is 4.90. The largest absolute Gasteiger partial charge is 0.497 e. The van der Waals surface area contributed by atoms with Gasteiger partial charge in [0.1, 0.15) is 11.5 Å². The molecule has 0 fully saturated rings. The van der Waals surface area contributed by atoms with Crippen LogP contribution in [-0.4, -0.2) is 20.3 Å². The van der Waals surface area contributed by atoms with Crippen molar-refractivity contribution in [3.8, 4) is 11.5 Å². The summed E-state index contributed by atoms with van der Waals surface area (Å²) in [5.41, 5.74) is 2.59. The molecule has 1 aromatic rings. The molecule has 0 amide bonds. The molecule has 0 aromatic heterocycles. The van der Waals surface area contributed by atoms with Crippen molar-refractivity contribution in [2.45, 2.75) is 32.4 Å². The first kappa shape index (κ1) is 11.3. The molecule has 88 valence electrons. The average Bonchev–Trinajstić information content (AvgIpc) is 2.26. The molecule has 2 rings (SSSR count). The Hall–Kier alpha value is -1.22. The number of benzene rings is 1. The number of ether oxygens (including phenoxy) is 2. The minimum atomic E-state index is 0.333. The van der Waals surface area contributed by atoms with Gasteiger partial charge in [0, 0.05) is 23.7 Å². The molecule has 1 aromatic carbocycles. The molecule has 3 nitrogen and oxygen atoms in total. The maximum atomic E-state index is 5.44. The molecule has 0 saturated heterocycles. The third kappa shape index (κ3) is 1.87. The zero-order valence-corrected chi connectivity index (χ0v) is 10.3. The first-order valence-electron chi connectivity index (χ1n) is 5.66. The minimum Gasteiger partial charge on any atom is -0.497 e. The van der Waals surface area contributed by atoms with Crippen molar-refractivity contribution in [2.24, 2.45) is 0 Å². The summed E-state index contributed by atoms with van der Waals surface area (Å²) in [5, 5.41) is 3.53. The Balaban J connectivity index is 2.51. The van der Waals surface area contributed by atoms with Crippen LogP contribution in [0.5, 0.6) is 11.5 Å². The fraction of sp³-hybridized carbons (Fsp3) is 0.538. The summed E-state index contributed by atoms with van der Waals surface area (Å²) < 4.78 is 10.7. The smallest absolute Gasteiger partial charge is 0.127 e. The van der Waals surface area contributed by atoms with Gasteiger partial charge in [0.15, 0.2) is 0 Å². The van der Waals surface area contributed by atoms with E-state index >= 15 is 0 Å². The monoisotopic (exact) mass is 221 g/mol. The van der Waals surface area contributed by atoms with Crippen molar-refractivity contribution in [3.63, 3.8) is 0 Å². The molecule has 0 bridgehead atoms. The van der Waals surface area contributed by atoms with Crippen LogP contribution in [0.3, 0.4) is 0 Å². The number of methoxy groups -OCH3 is 2. The van der Waals surface area contributed by atoms with E-state index in [0.29, 0.717) is 12.1 Å². The second-order valence-electron chi connectivity index (χ2n) is 4.40. The van der Waals surface area contributed by atoms with Gasteiger partial charge >= 0.3 is 0 Å².